The lowest BCUT2D eigenvalue weighted by Gasteiger charge is -2.06. The zero-order chi connectivity index (χ0) is 17.0. The van der Waals surface area contributed by atoms with Crippen LogP contribution < -0.4 is 10.0 Å². The molecule has 0 atom stereocenters. The molecule has 8 heteroatoms. The van der Waals surface area contributed by atoms with Gasteiger partial charge in [0, 0.05) is 24.8 Å². The van der Waals surface area contributed by atoms with E-state index in [1.165, 1.54) is 23.9 Å². The lowest BCUT2D eigenvalue weighted by molar-refractivity contribution is 0.0946. The second kappa shape index (κ2) is 7.16. The van der Waals surface area contributed by atoms with Gasteiger partial charge in [0.15, 0.2) is 0 Å². The molecule has 1 heterocycles. The Balaban J connectivity index is 2.00. The Bertz CT molecular complexity index is 798. The molecule has 0 radical (unpaired) electrons. The van der Waals surface area contributed by atoms with Crippen LogP contribution >= 0.6 is 11.6 Å². The molecule has 0 fully saturated rings. The first kappa shape index (κ1) is 17.5. The van der Waals surface area contributed by atoms with Gasteiger partial charge in [-0.05, 0) is 37.2 Å². The quantitative estimate of drug-likeness (QED) is 0.825. The van der Waals surface area contributed by atoms with E-state index < -0.39 is 10.0 Å². The molecule has 0 aliphatic rings. The van der Waals surface area contributed by atoms with Gasteiger partial charge >= 0.3 is 0 Å². The van der Waals surface area contributed by atoms with Crippen molar-refractivity contribution >= 4 is 27.5 Å². The van der Waals surface area contributed by atoms with Crippen LogP contribution in [0, 0.1) is 0 Å². The van der Waals surface area contributed by atoms with Crippen LogP contribution in [0.2, 0.25) is 5.02 Å². The van der Waals surface area contributed by atoms with Crippen molar-refractivity contribution in [1.29, 1.82) is 0 Å². The summed E-state index contributed by atoms with van der Waals surface area (Å²) in [7, 11) is -0.609. The summed E-state index contributed by atoms with van der Waals surface area (Å²) in [6.07, 6.45) is 2.06. The second-order valence-electron chi connectivity index (χ2n) is 5.01. The third-order valence-corrected chi connectivity index (χ3v) is 5.04. The summed E-state index contributed by atoms with van der Waals surface area (Å²) in [4.78, 5) is 12.2. The predicted octanol–water partition coefficient (Wildman–Crippen LogP) is 1.56. The monoisotopic (exact) mass is 355 g/mol. The van der Waals surface area contributed by atoms with Crippen molar-refractivity contribution < 1.29 is 13.2 Å². The number of sulfonamides is 1. The normalized spacial score (nSPS) is 11.4. The lowest BCUT2D eigenvalue weighted by atomic mass is 10.1. The highest BCUT2D eigenvalue weighted by Crippen LogP contribution is 2.13. The molecule has 0 saturated heterocycles. The van der Waals surface area contributed by atoms with Crippen molar-refractivity contribution in [3.05, 3.63) is 52.8 Å². The van der Waals surface area contributed by atoms with Gasteiger partial charge in [-0.3, -0.25) is 4.79 Å². The number of halogens is 1. The van der Waals surface area contributed by atoms with Crippen molar-refractivity contribution in [2.45, 2.75) is 11.3 Å². The van der Waals surface area contributed by atoms with Gasteiger partial charge in [-0.15, -0.1) is 0 Å². The number of aromatic nitrogens is 1. The van der Waals surface area contributed by atoms with Gasteiger partial charge in [0.1, 0.15) is 10.6 Å². The molecule has 23 heavy (non-hydrogen) atoms. The molecule has 0 bridgehead atoms. The molecule has 0 spiro atoms. The van der Waals surface area contributed by atoms with E-state index in [4.69, 9.17) is 11.6 Å². The van der Waals surface area contributed by atoms with Crippen LogP contribution in [-0.2, 0) is 23.5 Å². The number of rotatable bonds is 6. The summed E-state index contributed by atoms with van der Waals surface area (Å²) in [6.45, 7) is 0.444. The summed E-state index contributed by atoms with van der Waals surface area (Å²) >= 11 is 5.82. The van der Waals surface area contributed by atoms with Gasteiger partial charge in [-0.1, -0.05) is 23.7 Å². The number of hydrogen-bond acceptors (Lipinski definition) is 3. The SMILES string of the molecule is CNS(=O)(=O)c1cc(C(=O)NCCc2ccc(Cl)cc2)n(C)c1. The molecule has 1 amide bonds. The molecule has 124 valence electrons. The smallest absolute Gasteiger partial charge is 0.267 e. The minimum atomic E-state index is -3.56. The number of carbonyl (C=O) groups is 1. The number of nitrogens with zero attached hydrogens (tertiary/aromatic N) is 1. The fraction of sp³-hybridized carbons (Fsp3) is 0.267. The fourth-order valence-corrected chi connectivity index (χ4v) is 3.01. The molecule has 2 N–H and O–H groups in total. The second-order valence-corrected chi connectivity index (χ2v) is 7.33. The standard InChI is InChI=1S/C15H18ClN3O3S/c1-17-23(21,22)13-9-14(19(2)10-13)15(20)18-8-7-11-3-5-12(16)6-4-11/h3-6,9-10,17H,7-8H2,1-2H3,(H,18,20). The zero-order valence-electron chi connectivity index (χ0n) is 12.8. The van der Waals surface area contributed by atoms with Gasteiger partial charge in [-0.2, -0.15) is 0 Å². The van der Waals surface area contributed by atoms with Crippen molar-refractivity contribution in [2.24, 2.45) is 7.05 Å². The molecular formula is C15H18ClN3O3S. The van der Waals surface area contributed by atoms with Crippen LogP contribution in [0.25, 0.3) is 0 Å². The summed E-state index contributed by atoms with van der Waals surface area (Å²) in [5.41, 5.74) is 1.34. The van der Waals surface area contributed by atoms with E-state index >= 15 is 0 Å². The highest BCUT2D eigenvalue weighted by molar-refractivity contribution is 7.89. The number of amides is 1. The summed E-state index contributed by atoms with van der Waals surface area (Å²) in [5, 5.41) is 3.44. The highest BCUT2D eigenvalue weighted by Gasteiger charge is 2.18. The van der Waals surface area contributed by atoms with Crippen LogP contribution in [0.3, 0.4) is 0 Å². The first-order chi connectivity index (χ1) is 10.8. The van der Waals surface area contributed by atoms with Gasteiger partial charge in [0.2, 0.25) is 10.0 Å². The first-order valence-corrected chi connectivity index (χ1v) is 8.82. The lowest BCUT2D eigenvalue weighted by Crippen LogP contribution is -2.27. The predicted molar refractivity (Wildman–Crippen MR) is 89.1 cm³/mol. The topological polar surface area (TPSA) is 80.2 Å². The molecule has 1 aromatic carbocycles. The maximum atomic E-state index is 12.2. The first-order valence-electron chi connectivity index (χ1n) is 6.96. The molecule has 0 aliphatic heterocycles. The summed E-state index contributed by atoms with van der Waals surface area (Å²) in [6, 6.07) is 8.74. The molecule has 6 nitrogen and oxygen atoms in total. The Kier molecular flexibility index (Phi) is 5.46. The van der Waals surface area contributed by atoms with E-state index in [1.807, 2.05) is 12.1 Å². The highest BCUT2D eigenvalue weighted by atomic mass is 35.5. The van der Waals surface area contributed by atoms with Crippen molar-refractivity contribution in [1.82, 2.24) is 14.6 Å². The van der Waals surface area contributed by atoms with Crippen molar-refractivity contribution in [2.75, 3.05) is 13.6 Å². The van der Waals surface area contributed by atoms with Crippen LogP contribution in [0.4, 0.5) is 0 Å². The number of benzene rings is 1. The summed E-state index contributed by atoms with van der Waals surface area (Å²) in [5.74, 6) is -0.320. The van der Waals surface area contributed by atoms with Gasteiger partial charge in [-0.25, -0.2) is 13.1 Å². The minimum Gasteiger partial charge on any atom is -0.350 e. The number of hydrogen-bond donors (Lipinski definition) is 2. The molecule has 1 aromatic heterocycles. The zero-order valence-corrected chi connectivity index (χ0v) is 14.4. The molecule has 0 unspecified atom stereocenters. The number of carbonyl (C=O) groups excluding carboxylic acids is 1. The average Bonchev–Trinajstić information content (AvgIpc) is 2.92. The fourth-order valence-electron chi connectivity index (χ4n) is 2.09. The summed E-state index contributed by atoms with van der Waals surface area (Å²) < 4.78 is 27.2. The largest absolute Gasteiger partial charge is 0.350 e. The van der Waals surface area contributed by atoms with E-state index in [-0.39, 0.29) is 16.5 Å². The molecule has 2 rings (SSSR count). The van der Waals surface area contributed by atoms with E-state index in [9.17, 15) is 13.2 Å². The molecular weight excluding hydrogens is 338 g/mol. The van der Waals surface area contributed by atoms with Gasteiger partial charge < -0.3 is 9.88 Å². The molecule has 0 aliphatic carbocycles. The number of aryl methyl sites for hydroxylation is 1. The minimum absolute atomic E-state index is 0.0605. The van der Waals surface area contributed by atoms with Crippen molar-refractivity contribution in [3.63, 3.8) is 0 Å². The maximum Gasteiger partial charge on any atom is 0.267 e. The Morgan fingerprint density at radius 1 is 1.26 bits per heavy atom. The van der Waals surface area contributed by atoms with E-state index in [2.05, 4.69) is 10.0 Å². The van der Waals surface area contributed by atoms with E-state index in [0.717, 1.165) is 5.56 Å². The van der Waals surface area contributed by atoms with Gasteiger partial charge in [0.25, 0.3) is 5.91 Å². The van der Waals surface area contributed by atoms with E-state index in [1.54, 1.807) is 19.2 Å². The Morgan fingerprint density at radius 2 is 1.91 bits per heavy atom. The maximum absolute atomic E-state index is 12.2. The van der Waals surface area contributed by atoms with Gasteiger partial charge in [0.05, 0.1) is 0 Å². The van der Waals surface area contributed by atoms with Crippen LogP contribution in [-0.4, -0.2) is 32.5 Å². The van der Waals surface area contributed by atoms with Crippen LogP contribution in [0.1, 0.15) is 16.1 Å². The average molecular weight is 356 g/mol. The van der Waals surface area contributed by atoms with Crippen molar-refractivity contribution in [3.8, 4) is 0 Å². The Morgan fingerprint density at radius 3 is 2.52 bits per heavy atom. The third-order valence-electron chi connectivity index (χ3n) is 3.40. The van der Waals surface area contributed by atoms with Crippen LogP contribution in [0.5, 0.6) is 0 Å². The Labute approximate surface area is 140 Å². The number of nitrogens with one attached hydrogen (secondary N) is 2. The molecule has 2 aromatic rings. The Hall–Kier alpha value is -1.83. The molecule has 0 saturated carbocycles. The van der Waals surface area contributed by atoms with Crippen LogP contribution in [0.15, 0.2) is 41.4 Å². The van der Waals surface area contributed by atoms with E-state index in [0.29, 0.717) is 18.0 Å². The third kappa shape index (κ3) is 4.34.